The molecule has 2 atom stereocenters. The summed E-state index contributed by atoms with van der Waals surface area (Å²) in [5, 5.41) is 7.51. The number of piperidine rings is 1. The van der Waals surface area contributed by atoms with Crippen LogP contribution in [0.1, 0.15) is 40.6 Å². The van der Waals surface area contributed by atoms with Crippen LogP contribution in [-0.2, 0) is 12.8 Å². The highest BCUT2D eigenvalue weighted by Crippen LogP contribution is 2.20. The second kappa shape index (κ2) is 8.25. The van der Waals surface area contributed by atoms with Gasteiger partial charge in [-0.05, 0) is 62.0 Å². The van der Waals surface area contributed by atoms with E-state index in [2.05, 4.69) is 28.6 Å². The maximum Gasteiger partial charge on any atom is 0.349 e. The third-order valence-electron chi connectivity index (χ3n) is 5.84. The minimum absolute atomic E-state index is 0.0732. The molecule has 1 fully saturated rings. The van der Waals surface area contributed by atoms with Gasteiger partial charge < -0.3 is 20.0 Å². The van der Waals surface area contributed by atoms with Crippen molar-refractivity contribution in [2.24, 2.45) is 5.92 Å². The van der Waals surface area contributed by atoms with Gasteiger partial charge in [-0.15, -0.1) is 0 Å². The van der Waals surface area contributed by atoms with Crippen molar-refractivity contribution in [2.75, 3.05) is 13.1 Å². The Bertz CT molecular complexity index is 1080. The zero-order valence-corrected chi connectivity index (χ0v) is 16.9. The van der Waals surface area contributed by atoms with E-state index in [1.165, 1.54) is 10.9 Å². The van der Waals surface area contributed by atoms with Crippen LogP contribution in [0.5, 0.6) is 0 Å². The zero-order valence-electron chi connectivity index (χ0n) is 16.9. The maximum absolute atomic E-state index is 12.7. The molecule has 0 bridgehead atoms. The van der Waals surface area contributed by atoms with Crippen molar-refractivity contribution in [3.63, 3.8) is 0 Å². The molecule has 3 aromatic rings. The van der Waals surface area contributed by atoms with E-state index in [1.54, 1.807) is 6.92 Å². The third kappa shape index (κ3) is 4.12. The molecule has 1 saturated heterocycles. The number of hydrogen-bond donors (Lipinski definition) is 3. The summed E-state index contributed by atoms with van der Waals surface area (Å²) in [6.07, 6.45) is 4.22. The number of H-pyrrole nitrogens is 1. The Morgan fingerprint density at radius 3 is 2.90 bits per heavy atom. The smallest absolute Gasteiger partial charge is 0.349 e. The van der Waals surface area contributed by atoms with Crippen LogP contribution in [0.15, 0.2) is 45.7 Å². The van der Waals surface area contributed by atoms with Gasteiger partial charge in [-0.3, -0.25) is 4.79 Å². The van der Waals surface area contributed by atoms with Crippen LogP contribution >= 0.6 is 0 Å². The highest BCUT2D eigenvalue weighted by Gasteiger charge is 2.25. The summed E-state index contributed by atoms with van der Waals surface area (Å²) in [5.74, 6) is 0.596. The normalized spacial score (nSPS) is 19.4. The van der Waals surface area contributed by atoms with Gasteiger partial charge >= 0.3 is 5.63 Å². The second-order valence-electron chi connectivity index (χ2n) is 7.97. The molecule has 29 heavy (non-hydrogen) atoms. The minimum atomic E-state index is -0.557. The molecular weight excluding hydrogens is 366 g/mol. The van der Waals surface area contributed by atoms with E-state index in [4.69, 9.17) is 4.42 Å². The van der Waals surface area contributed by atoms with Gasteiger partial charge in [0, 0.05) is 29.6 Å². The Labute approximate surface area is 169 Å². The van der Waals surface area contributed by atoms with E-state index >= 15 is 0 Å². The number of hydrogen-bond acceptors (Lipinski definition) is 4. The number of aromatic amines is 1. The molecule has 1 aliphatic rings. The molecule has 0 aliphatic carbocycles. The average molecular weight is 393 g/mol. The molecule has 1 aromatic carbocycles. The van der Waals surface area contributed by atoms with Crippen molar-refractivity contribution in [1.29, 1.82) is 0 Å². The Kier molecular flexibility index (Phi) is 5.53. The third-order valence-corrected chi connectivity index (χ3v) is 5.84. The van der Waals surface area contributed by atoms with E-state index in [1.807, 2.05) is 30.5 Å². The van der Waals surface area contributed by atoms with Gasteiger partial charge in [0.05, 0.1) is 0 Å². The van der Waals surface area contributed by atoms with Gasteiger partial charge in [0.2, 0.25) is 0 Å². The van der Waals surface area contributed by atoms with Crippen molar-refractivity contribution in [3.8, 4) is 0 Å². The number of fused-ring (bicyclic) bond motifs is 1. The predicted octanol–water partition coefficient (Wildman–Crippen LogP) is 2.94. The summed E-state index contributed by atoms with van der Waals surface area (Å²) >= 11 is 0. The van der Waals surface area contributed by atoms with E-state index in [0.717, 1.165) is 31.4 Å². The number of aryl methyl sites for hydroxylation is 3. The number of carbonyl (C=O) groups is 1. The molecular formula is C23H27N3O3. The van der Waals surface area contributed by atoms with Gasteiger partial charge in [0.15, 0.2) is 0 Å². The standard InChI is InChI=1S/C23H27N3O3/c1-14-11-17(8-7-16-13-25-20-6-4-3-5-18(16)20)29-23(28)21(14)22(27)26-19-9-10-24-12-15(19)2/h3-6,11,13,15,19,24-25H,7-10,12H2,1-2H3,(H,26,27)/t15-,19-/m1/s1. The first-order chi connectivity index (χ1) is 14.0. The van der Waals surface area contributed by atoms with Crippen LogP contribution in [0, 0.1) is 12.8 Å². The lowest BCUT2D eigenvalue weighted by Gasteiger charge is -2.30. The van der Waals surface area contributed by atoms with E-state index in [0.29, 0.717) is 23.7 Å². The molecule has 2 aromatic heterocycles. The van der Waals surface area contributed by atoms with Crippen LogP contribution in [0.2, 0.25) is 0 Å². The topological polar surface area (TPSA) is 87.1 Å². The number of nitrogens with one attached hydrogen (secondary N) is 3. The average Bonchev–Trinajstić information content (AvgIpc) is 3.11. The largest absolute Gasteiger partial charge is 0.427 e. The predicted molar refractivity (Wildman–Crippen MR) is 113 cm³/mol. The van der Waals surface area contributed by atoms with Gasteiger partial charge in [0.1, 0.15) is 11.3 Å². The molecule has 4 rings (SSSR count). The first-order valence-corrected chi connectivity index (χ1v) is 10.2. The summed E-state index contributed by atoms with van der Waals surface area (Å²) in [4.78, 5) is 28.5. The molecule has 1 amide bonds. The SMILES string of the molecule is Cc1cc(CCc2c[nH]c3ccccc23)oc(=O)c1C(=O)N[C@@H]1CCNC[C@H]1C. The van der Waals surface area contributed by atoms with Crippen molar-refractivity contribution in [3.05, 3.63) is 69.4 Å². The van der Waals surface area contributed by atoms with E-state index < -0.39 is 5.63 Å². The molecule has 6 nitrogen and oxygen atoms in total. The minimum Gasteiger partial charge on any atom is -0.427 e. The summed E-state index contributed by atoms with van der Waals surface area (Å²) in [7, 11) is 0. The summed E-state index contributed by atoms with van der Waals surface area (Å²) in [6.45, 7) is 5.63. The lowest BCUT2D eigenvalue weighted by molar-refractivity contribution is 0.0909. The summed E-state index contributed by atoms with van der Waals surface area (Å²) in [6, 6.07) is 10.0. The first kappa shape index (κ1) is 19.5. The summed E-state index contributed by atoms with van der Waals surface area (Å²) in [5.41, 5.74) is 2.50. The molecule has 3 heterocycles. The van der Waals surface area contributed by atoms with Gasteiger partial charge in [0.25, 0.3) is 5.91 Å². The second-order valence-corrected chi connectivity index (χ2v) is 7.97. The Morgan fingerprint density at radius 2 is 2.10 bits per heavy atom. The van der Waals surface area contributed by atoms with Gasteiger partial charge in [-0.25, -0.2) is 4.79 Å². The molecule has 0 radical (unpaired) electrons. The van der Waals surface area contributed by atoms with Crippen LogP contribution < -0.4 is 16.3 Å². The Balaban J connectivity index is 1.48. The van der Waals surface area contributed by atoms with Crippen molar-refractivity contribution < 1.29 is 9.21 Å². The lowest BCUT2D eigenvalue weighted by atomic mass is 9.95. The number of benzene rings is 1. The van der Waals surface area contributed by atoms with Crippen LogP contribution in [0.4, 0.5) is 0 Å². The van der Waals surface area contributed by atoms with E-state index in [9.17, 15) is 9.59 Å². The molecule has 0 spiro atoms. The number of amides is 1. The first-order valence-electron chi connectivity index (χ1n) is 10.2. The van der Waals surface area contributed by atoms with Crippen molar-refractivity contribution in [2.45, 2.75) is 39.2 Å². The molecule has 1 aliphatic heterocycles. The van der Waals surface area contributed by atoms with Crippen LogP contribution in [0.25, 0.3) is 10.9 Å². The lowest BCUT2D eigenvalue weighted by Crippen LogP contribution is -2.49. The fourth-order valence-electron chi connectivity index (χ4n) is 4.13. The monoisotopic (exact) mass is 393 g/mol. The van der Waals surface area contributed by atoms with Crippen molar-refractivity contribution in [1.82, 2.24) is 15.6 Å². The van der Waals surface area contributed by atoms with Crippen molar-refractivity contribution >= 4 is 16.8 Å². The molecule has 0 saturated carbocycles. The zero-order chi connectivity index (χ0) is 20.4. The Morgan fingerprint density at radius 1 is 1.28 bits per heavy atom. The molecule has 3 N–H and O–H groups in total. The van der Waals surface area contributed by atoms with Crippen LogP contribution in [-0.4, -0.2) is 30.0 Å². The fraction of sp³-hybridized carbons (Fsp3) is 0.391. The number of rotatable bonds is 5. The van der Waals surface area contributed by atoms with Gasteiger partial charge in [-0.2, -0.15) is 0 Å². The molecule has 152 valence electrons. The quantitative estimate of drug-likeness (QED) is 0.622. The highest BCUT2D eigenvalue weighted by molar-refractivity contribution is 5.95. The highest BCUT2D eigenvalue weighted by atomic mass is 16.4. The summed E-state index contributed by atoms with van der Waals surface area (Å²) < 4.78 is 5.50. The van der Waals surface area contributed by atoms with Gasteiger partial charge in [-0.1, -0.05) is 25.1 Å². The molecule has 0 unspecified atom stereocenters. The fourth-order valence-corrected chi connectivity index (χ4v) is 4.13. The van der Waals surface area contributed by atoms with Crippen LogP contribution in [0.3, 0.4) is 0 Å². The molecule has 6 heteroatoms. The Hall–Kier alpha value is -2.86. The number of aromatic nitrogens is 1. The number of carbonyl (C=O) groups excluding carboxylic acids is 1. The number of para-hydroxylation sites is 1. The maximum atomic E-state index is 12.7. The van der Waals surface area contributed by atoms with E-state index in [-0.39, 0.29) is 17.5 Å².